The van der Waals surface area contributed by atoms with Crippen LogP contribution in [0, 0.1) is 3.57 Å². The number of nitrogens with one attached hydrogen (secondary N) is 1. The molecule has 0 fully saturated rings. The Bertz CT molecular complexity index is 533. The normalized spacial score (nSPS) is 12.4. The van der Waals surface area contributed by atoms with E-state index in [1.165, 1.54) is 9.13 Å². The highest BCUT2D eigenvalue weighted by atomic mass is 127. The molecule has 5 heteroatoms. The highest BCUT2D eigenvalue weighted by Crippen LogP contribution is 2.28. The first-order chi connectivity index (χ1) is 9.22. The molecule has 1 N–H and O–H groups in total. The lowest BCUT2D eigenvalue weighted by atomic mass is 10.0. The summed E-state index contributed by atoms with van der Waals surface area (Å²) in [4.78, 5) is 8.60. The molecule has 0 saturated carbocycles. The van der Waals surface area contributed by atoms with Crippen molar-refractivity contribution >= 4 is 38.5 Å². The summed E-state index contributed by atoms with van der Waals surface area (Å²) in [6.45, 7) is 3.10. The summed E-state index contributed by atoms with van der Waals surface area (Å²) in [7, 11) is 0. The molecule has 2 aromatic rings. The van der Waals surface area contributed by atoms with Gasteiger partial charge in [0.25, 0.3) is 0 Å². The Morgan fingerprint density at radius 1 is 1.37 bits per heavy atom. The number of nitrogens with zero attached hydrogens (tertiary/aromatic N) is 2. The minimum absolute atomic E-state index is 0.0674. The Hall–Kier alpha value is -0.530. The van der Waals surface area contributed by atoms with Gasteiger partial charge in [-0.2, -0.15) is 0 Å². The molecule has 0 saturated heterocycles. The number of hydrogen-bond donors (Lipinski definition) is 1. The largest absolute Gasteiger partial charge is 0.305 e. The number of benzene rings is 1. The molecule has 1 heterocycles. The third-order valence-corrected chi connectivity index (χ3v) is 4.14. The van der Waals surface area contributed by atoms with Gasteiger partial charge in [-0.25, -0.2) is 0 Å². The predicted octanol–water partition coefficient (Wildman–Crippen LogP) is 3.93. The van der Waals surface area contributed by atoms with E-state index in [0.29, 0.717) is 0 Å². The van der Waals surface area contributed by atoms with Crippen molar-refractivity contribution in [1.82, 2.24) is 15.3 Å². The molecule has 3 nitrogen and oxygen atoms in total. The third-order valence-electron chi connectivity index (χ3n) is 2.75. The maximum atomic E-state index is 4.43. The van der Waals surface area contributed by atoms with E-state index in [2.05, 4.69) is 78.9 Å². The highest BCUT2D eigenvalue weighted by molar-refractivity contribution is 14.1. The molecule has 0 aliphatic heterocycles. The first-order valence-electron chi connectivity index (χ1n) is 6.16. The SMILES string of the molecule is CCCNC(c1cnccn1)c1cc(I)ccc1Br. The summed E-state index contributed by atoms with van der Waals surface area (Å²) in [5.41, 5.74) is 2.14. The molecule has 0 bridgehead atoms. The van der Waals surface area contributed by atoms with Crippen molar-refractivity contribution in [2.24, 2.45) is 0 Å². The molecule has 0 aliphatic rings. The van der Waals surface area contributed by atoms with Crippen LogP contribution in [0.5, 0.6) is 0 Å². The Morgan fingerprint density at radius 3 is 2.89 bits per heavy atom. The van der Waals surface area contributed by atoms with Crippen LogP contribution in [0.2, 0.25) is 0 Å². The van der Waals surface area contributed by atoms with E-state index in [0.717, 1.165) is 23.1 Å². The summed E-state index contributed by atoms with van der Waals surface area (Å²) < 4.78 is 2.30. The van der Waals surface area contributed by atoms with Gasteiger partial charge in [-0.15, -0.1) is 0 Å². The summed E-state index contributed by atoms with van der Waals surface area (Å²) >= 11 is 5.96. The maximum Gasteiger partial charge on any atom is 0.0801 e. The van der Waals surface area contributed by atoms with Crippen molar-refractivity contribution < 1.29 is 0 Å². The zero-order valence-corrected chi connectivity index (χ0v) is 14.3. The van der Waals surface area contributed by atoms with E-state index in [9.17, 15) is 0 Å². The minimum atomic E-state index is 0.0674. The van der Waals surface area contributed by atoms with Crippen LogP contribution in [0.25, 0.3) is 0 Å². The fraction of sp³-hybridized carbons (Fsp3) is 0.286. The van der Waals surface area contributed by atoms with Gasteiger partial charge in [0, 0.05) is 20.4 Å². The molecule has 1 atom stereocenters. The molecule has 0 aliphatic carbocycles. The minimum Gasteiger partial charge on any atom is -0.305 e. The molecular weight excluding hydrogens is 417 g/mol. The van der Waals surface area contributed by atoms with Gasteiger partial charge in [-0.3, -0.25) is 9.97 Å². The molecule has 1 aromatic heterocycles. The average molecular weight is 432 g/mol. The van der Waals surface area contributed by atoms with E-state index in [1.54, 1.807) is 12.4 Å². The van der Waals surface area contributed by atoms with Crippen molar-refractivity contribution in [3.63, 3.8) is 0 Å². The lowest BCUT2D eigenvalue weighted by Gasteiger charge is -2.19. The van der Waals surface area contributed by atoms with Gasteiger partial charge in [-0.05, 0) is 59.3 Å². The standard InChI is InChI=1S/C14H15BrIN3/c1-2-5-19-14(13-9-17-6-7-18-13)11-8-10(16)3-4-12(11)15/h3-4,6-9,14,19H,2,5H2,1H3. The van der Waals surface area contributed by atoms with E-state index in [1.807, 2.05) is 6.20 Å². The second-order valence-corrected chi connectivity index (χ2v) is 6.28. The molecule has 0 spiro atoms. The van der Waals surface area contributed by atoms with Crippen molar-refractivity contribution in [1.29, 1.82) is 0 Å². The summed E-state index contributed by atoms with van der Waals surface area (Å²) in [5, 5.41) is 3.53. The summed E-state index contributed by atoms with van der Waals surface area (Å²) in [5.74, 6) is 0. The van der Waals surface area contributed by atoms with Crippen LogP contribution in [0.1, 0.15) is 30.6 Å². The zero-order chi connectivity index (χ0) is 13.7. The van der Waals surface area contributed by atoms with Crippen LogP contribution in [0.15, 0.2) is 41.3 Å². The molecule has 19 heavy (non-hydrogen) atoms. The monoisotopic (exact) mass is 431 g/mol. The van der Waals surface area contributed by atoms with E-state index < -0.39 is 0 Å². The molecule has 2 rings (SSSR count). The molecular formula is C14H15BrIN3. The zero-order valence-electron chi connectivity index (χ0n) is 10.6. The Morgan fingerprint density at radius 2 is 2.21 bits per heavy atom. The average Bonchev–Trinajstić information content (AvgIpc) is 2.44. The lowest BCUT2D eigenvalue weighted by molar-refractivity contribution is 0.582. The first-order valence-corrected chi connectivity index (χ1v) is 8.03. The van der Waals surface area contributed by atoms with Crippen LogP contribution in [0.3, 0.4) is 0 Å². The van der Waals surface area contributed by atoms with Gasteiger partial charge >= 0.3 is 0 Å². The topological polar surface area (TPSA) is 37.8 Å². The second kappa shape index (κ2) is 7.31. The summed E-state index contributed by atoms with van der Waals surface area (Å²) in [6, 6.07) is 6.40. The molecule has 0 amide bonds. The highest BCUT2D eigenvalue weighted by Gasteiger charge is 2.17. The molecule has 1 aromatic carbocycles. The quantitative estimate of drug-likeness (QED) is 0.728. The van der Waals surface area contributed by atoms with Gasteiger partial charge in [0.2, 0.25) is 0 Å². The van der Waals surface area contributed by atoms with Gasteiger partial charge in [0.1, 0.15) is 0 Å². The van der Waals surface area contributed by atoms with Gasteiger partial charge < -0.3 is 5.32 Å². The third kappa shape index (κ3) is 3.97. The maximum absolute atomic E-state index is 4.43. The molecule has 0 radical (unpaired) electrons. The Labute approximate surface area is 135 Å². The van der Waals surface area contributed by atoms with Crippen molar-refractivity contribution in [2.75, 3.05) is 6.54 Å². The van der Waals surface area contributed by atoms with E-state index >= 15 is 0 Å². The van der Waals surface area contributed by atoms with Crippen LogP contribution in [0.4, 0.5) is 0 Å². The van der Waals surface area contributed by atoms with Crippen molar-refractivity contribution in [3.8, 4) is 0 Å². The Kier molecular flexibility index (Phi) is 5.72. The predicted molar refractivity (Wildman–Crippen MR) is 89.0 cm³/mol. The van der Waals surface area contributed by atoms with Gasteiger partial charge in [0.15, 0.2) is 0 Å². The Balaban J connectivity index is 2.40. The number of hydrogen-bond acceptors (Lipinski definition) is 3. The first kappa shape index (κ1) is 14.9. The van der Waals surface area contributed by atoms with Gasteiger partial charge in [-0.1, -0.05) is 22.9 Å². The second-order valence-electron chi connectivity index (χ2n) is 4.18. The number of halogens is 2. The van der Waals surface area contributed by atoms with Gasteiger partial charge in [0.05, 0.1) is 17.9 Å². The number of rotatable bonds is 5. The smallest absolute Gasteiger partial charge is 0.0801 e. The fourth-order valence-electron chi connectivity index (χ4n) is 1.86. The summed E-state index contributed by atoms with van der Waals surface area (Å²) in [6.07, 6.45) is 6.33. The van der Waals surface area contributed by atoms with Crippen LogP contribution in [-0.2, 0) is 0 Å². The van der Waals surface area contributed by atoms with Crippen LogP contribution < -0.4 is 5.32 Å². The van der Waals surface area contributed by atoms with Crippen LogP contribution in [-0.4, -0.2) is 16.5 Å². The lowest BCUT2D eigenvalue weighted by Crippen LogP contribution is -2.24. The van der Waals surface area contributed by atoms with E-state index in [4.69, 9.17) is 0 Å². The van der Waals surface area contributed by atoms with Crippen LogP contribution >= 0.6 is 38.5 Å². The number of aromatic nitrogens is 2. The molecule has 100 valence electrons. The van der Waals surface area contributed by atoms with Crippen molar-refractivity contribution in [3.05, 3.63) is 56.1 Å². The fourth-order valence-corrected chi connectivity index (χ4v) is 2.85. The van der Waals surface area contributed by atoms with Crippen molar-refractivity contribution in [2.45, 2.75) is 19.4 Å². The van der Waals surface area contributed by atoms with E-state index in [-0.39, 0.29) is 6.04 Å². The molecule has 1 unspecified atom stereocenters.